The van der Waals surface area contributed by atoms with E-state index in [4.69, 9.17) is 4.74 Å². The largest absolute Gasteiger partial charge is 0.493 e. The van der Waals surface area contributed by atoms with Gasteiger partial charge in [0, 0.05) is 35.8 Å². The molecule has 1 saturated heterocycles. The molecule has 26 heavy (non-hydrogen) atoms. The minimum Gasteiger partial charge on any atom is -0.493 e. The number of aromatic nitrogens is 2. The Balaban J connectivity index is 1.62. The van der Waals surface area contributed by atoms with Gasteiger partial charge in [-0.05, 0) is 56.4 Å². The van der Waals surface area contributed by atoms with Crippen molar-refractivity contribution in [3.63, 3.8) is 0 Å². The predicted octanol–water partition coefficient (Wildman–Crippen LogP) is 4.33. The van der Waals surface area contributed by atoms with Crippen LogP contribution in [0.4, 0.5) is 0 Å². The molecule has 0 N–H and O–H groups in total. The fraction of sp³-hybridized carbons (Fsp3) is 0.364. The zero-order valence-electron chi connectivity index (χ0n) is 15.5. The lowest BCUT2D eigenvalue weighted by Gasteiger charge is -2.29. The summed E-state index contributed by atoms with van der Waals surface area (Å²) in [6, 6.07) is 12.6. The number of likely N-dealkylation sites (tertiary alicyclic amines) is 1. The van der Waals surface area contributed by atoms with Crippen LogP contribution in [0.15, 0.2) is 48.8 Å². The summed E-state index contributed by atoms with van der Waals surface area (Å²) in [6.07, 6.45) is 6.30. The molecule has 1 aliphatic heterocycles. The molecular formula is C22H25N3O. The summed E-state index contributed by atoms with van der Waals surface area (Å²) >= 11 is 0. The average Bonchev–Trinajstić information content (AvgIpc) is 2.67. The first-order valence-corrected chi connectivity index (χ1v) is 9.33. The smallest absolute Gasteiger partial charge is 0.127 e. The molecule has 0 saturated carbocycles. The molecule has 1 fully saturated rings. The molecule has 4 heteroatoms. The molecule has 0 spiro atoms. The Morgan fingerprint density at radius 1 is 1.08 bits per heavy atom. The van der Waals surface area contributed by atoms with Crippen molar-refractivity contribution in [2.75, 3.05) is 26.7 Å². The number of piperidine rings is 1. The molecule has 1 aromatic heterocycles. The number of fused-ring (bicyclic) bond motifs is 1. The van der Waals surface area contributed by atoms with Crippen molar-refractivity contribution in [1.29, 1.82) is 0 Å². The molecule has 1 atom stereocenters. The van der Waals surface area contributed by atoms with E-state index in [9.17, 15) is 0 Å². The molecule has 1 aliphatic rings. The second-order valence-corrected chi connectivity index (χ2v) is 7.26. The number of ether oxygens (including phenoxy) is 1. The van der Waals surface area contributed by atoms with Crippen LogP contribution in [0.25, 0.3) is 21.9 Å². The highest BCUT2D eigenvalue weighted by Crippen LogP contribution is 2.34. The number of rotatable bonds is 4. The van der Waals surface area contributed by atoms with Crippen molar-refractivity contribution in [2.45, 2.75) is 19.8 Å². The van der Waals surface area contributed by atoms with E-state index in [2.05, 4.69) is 58.3 Å². The molecule has 0 radical (unpaired) electrons. The fourth-order valence-electron chi connectivity index (χ4n) is 3.80. The van der Waals surface area contributed by atoms with Gasteiger partial charge in [-0.2, -0.15) is 0 Å². The van der Waals surface area contributed by atoms with Crippen LogP contribution < -0.4 is 4.74 Å². The SMILES string of the molecule is Cc1ncc(-c2ccc(OCC3CCCN(C)C3)c3ccccc23)cn1. The van der Waals surface area contributed by atoms with E-state index in [0.29, 0.717) is 5.92 Å². The zero-order valence-corrected chi connectivity index (χ0v) is 15.5. The number of aryl methyl sites for hydroxylation is 1. The van der Waals surface area contributed by atoms with E-state index in [1.807, 2.05) is 19.3 Å². The molecule has 0 amide bonds. The van der Waals surface area contributed by atoms with Crippen LogP contribution >= 0.6 is 0 Å². The highest BCUT2D eigenvalue weighted by atomic mass is 16.5. The third-order valence-corrected chi connectivity index (χ3v) is 5.17. The first-order chi connectivity index (χ1) is 12.7. The van der Waals surface area contributed by atoms with Crippen molar-refractivity contribution in [3.05, 3.63) is 54.6 Å². The van der Waals surface area contributed by atoms with E-state index in [-0.39, 0.29) is 0 Å². The average molecular weight is 347 g/mol. The van der Waals surface area contributed by atoms with Gasteiger partial charge in [0.05, 0.1) is 6.61 Å². The summed E-state index contributed by atoms with van der Waals surface area (Å²) < 4.78 is 6.26. The summed E-state index contributed by atoms with van der Waals surface area (Å²) in [4.78, 5) is 11.1. The Morgan fingerprint density at radius 2 is 1.85 bits per heavy atom. The van der Waals surface area contributed by atoms with Crippen LogP contribution in [0.1, 0.15) is 18.7 Å². The van der Waals surface area contributed by atoms with Crippen LogP contribution in [0, 0.1) is 12.8 Å². The predicted molar refractivity (Wildman–Crippen MR) is 105 cm³/mol. The maximum Gasteiger partial charge on any atom is 0.127 e. The topological polar surface area (TPSA) is 38.2 Å². The molecular weight excluding hydrogens is 322 g/mol. The lowest BCUT2D eigenvalue weighted by atomic mass is 9.98. The summed E-state index contributed by atoms with van der Waals surface area (Å²) in [5, 5.41) is 2.33. The Labute approximate surface area is 154 Å². The van der Waals surface area contributed by atoms with E-state index in [1.54, 1.807) is 0 Å². The summed E-state index contributed by atoms with van der Waals surface area (Å²) in [5.41, 5.74) is 2.18. The lowest BCUT2D eigenvalue weighted by Crippen LogP contribution is -2.34. The molecule has 1 unspecified atom stereocenters. The van der Waals surface area contributed by atoms with Gasteiger partial charge in [0.15, 0.2) is 0 Å². The van der Waals surface area contributed by atoms with Gasteiger partial charge in [-0.1, -0.05) is 24.3 Å². The Hall–Kier alpha value is -2.46. The van der Waals surface area contributed by atoms with Crippen LogP contribution in [0.3, 0.4) is 0 Å². The van der Waals surface area contributed by atoms with E-state index in [0.717, 1.165) is 41.2 Å². The minimum absolute atomic E-state index is 0.609. The Bertz CT molecular complexity index is 892. The maximum atomic E-state index is 6.26. The van der Waals surface area contributed by atoms with Crippen LogP contribution in [0.2, 0.25) is 0 Å². The second kappa shape index (κ2) is 7.42. The minimum atomic E-state index is 0.609. The van der Waals surface area contributed by atoms with Crippen molar-refractivity contribution in [3.8, 4) is 16.9 Å². The van der Waals surface area contributed by atoms with Gasteiger partial charge in [0.25, 0.3) is 0 Å². The fourth-order valence-corrected chi connectivity index (χ4v) is 3.80. The number of benzene rings is 2. The van der Waals surface area contributed by atoms with Crippen molar-refractivity contribution in [2.24, 2.45) is 5.92 Å². The normalized spacial score (nSPS) is 18.2. The highest BCUT2D eigenvalue weighted by molar-refractivity contribution is 5.99. The van der Waals surface area contributed by atoms with Gasteiger partial charge in [0.2, 0.25) is 0 Å². The van der Waals surface area contributed by atoms with Crippen molar-refractivity contribution < 1.29 is 4.74 Å². The summed E-state index contributed by atoms with van der Waals surface area (Å²) in [6.45, 7) is 5.01. The summed E-state index contributed by atoms with van der Waals surface area (Å²) in [7, 11) is 2.19. The lowest BCUT2D eigenvalue weighted by molar-refractivity contribution is 0.151. The molecule has 134 valence electrons. The quantitative estimate of drug-likeness (QED) is 0.704. The second-order valence-electron chi connectivity index (χ2n) is 7.26. The van der Waals surface area contributed by atoms with Crippen LogP contribution in [-0.4, -0.2) is 41.6 Å². The Morgan fingerprint density at radius 3 is 2.62 bits per heavy atom. The van der Waals surface area contributed by atoms with Crippen LogP contribution in [0.5, 0.6) is 5.75 Å². The van der Waals surface area contributed by atoms with E-state index in [1.165, 1.54) is 24.8 Å². The van der Waals surface area contributed by atoms with Gasteiger partial charge in [-0.15, -0.1) is 0 Å². The van der Waals surface area contributed by atoms with E-state index < -0.39 is 0 Å². The summed E-state index contributed by atoms with van der Waals surface area (Å²) in [5.74, 6) is 2.36. The van der Waals surface area contributed by atoms with Crippen molar-refractivity contribution in [1.82, 2.24) is 14.9 Å². The highest BCUT2D eigenvalue weighted by Gasteiger charge is 2.18. The molecule has 3 aromatic rings. The Kier molecular flexibility index (Phi) is 4.85. The zero-order chi connectivity index (χ0) is 17.9. The van der Waals surface area contributed by atoms with Gasteiger partial charge in [0.1, 0.15) is 11.6 Å². The third kappa shape index (κ3) is 3.56. The number of hydrogen-bond donors (Lipinski definition) is 0. The number of hydrogen-bond acceptors (Lipinski definition) is 4. The van der Waals surface area contributed by atoms with Crippen LogP contribution in [-0.2, 0) is 0 Å². The molecule has 2 aromatic carbocycles. The molecule has 0 bridgehead atoms. The molecule has 2 heterocycles. The first-order valence-electron chi connectivity index (χ1n) is 9.33. The van der Waals surface area contributed by atoms with Gasteiger partial charge < -0.3 is 9.64 Å². The van der Waals surface area contributed by atoms with Gasteiger partial charge >= 0.3 is 0 Å². The maximum absolute atomic E-state index is 6.26. The first kappa shape index (κ1) is 17.0. The molecule has 4 rings (SSSR count). The number of nitrogens with zero attached hydrogens (tertiary/aromatic N) is 3. The third-order valence-electron chi connectivity index (χ3n) is 5.17. The van der Waals surface area contributed by atoms with E-state index >= 15 is 0 Å². The monoisotopic (exact) mass is 347 g/mol. The molecule has 4 nitrogen and oxygen atoms in total. The van der Waals surface area contributed by atoms with Gasteiger partial charge in [-0.3, -0.25) is 0 Å². The standard InChI is InChI=1S/C22H25N3O/c1-16-23-12-18(13-24-16)19-9-10-22(21-8-4-3-7-20(19)21)26-15-17-6-5-11-25(2)14-17/h3-4,7-10,12-13,17H,5-6,11,14-15H2,1-2H3. The van der Waals surface area contributed by atoms with Gasteiger partial charge in [-0.25, -0.2) is 9.97 Å². The van der Waals surface area contributed by atoms with Crippen molar-refractivity contribution >= 4 is 10.8 Å². The molecule has 0 aliphatic carbocycles.